The Morgan fingerprint density at radius 3 is 2.84 bits per heavy atom. The molecule has 0 spiro atoms. The van der Waals surface area contributed by atoms with E-state index in [2.05, 4.69) is 5.32 Å². The molecule has 1 aromatic rings. The molecule has 1 aliphatic rings. The third kappa shape index (κ3) is 2.83. The number of nitrogens with one attached hydrogen (secondary N) is 1. The first-order valence-corrected chi connectivity index (χ1v) is 6.05. The van der Waals surface area contributed by atoms with Crippen LogP contribution in [-0.2, 0) is 15.7 Å². The molecule has 6 heteroatoms. The van der Waals surface area contributed by atoms with Crippen LogP contribution in [0.5, 0.6) is 0 Å². The van der Waals surface area contributed by atoms with Gasteiger partial charge in [0, 0.05) is 12.2 Å². The lowest BCUT2D eigenvalue weighted by Crippen LogP contribution is -2.25. The minimum Gasteiger partial charge on any atom is -0.466 e. The number of ether oxygens (including phenoxy) is 1. The molecule has 0 bridgehead atoms. The third-order valence-electron chi connectivity index (χ3n) is 3.08. The van der Waals surface area contributed by atoms with E-state index in [1.54, 1.807) is 6.92 Å². The molecule has 1 aliphatic heterocycles. The summed E-state index contributed by atoms with van der Waals surface area (Å²) in [5.74, 6) is -0.872. The summed E-state index contributed by atoms with van der Waals surface area (Å²) < 4.78 is 42.8. The van der Waals surface area contributed by atoms with Gasteiger partial charge in [-0.3, -0.25) is 4.79 Å². The van der Waals surface area contributed by atoms with Crippen LogP contribution in [0.1, 0.15) is 30.4 Å². The molecule has 1 atom stereocenters. The highest BCUT2D eigenvalue weighted by atomic mass is 19.4. The second kappa shape index (κ2) is 5.11. The number of carbonyl (C=O) groups excluding carboxylic acids is 1. The molecule has 1 N–H and O–H groups in total. The molecule has 1 unspecified atom stereocenters. The molecule has 0 fully saturated rings. The van der Waals surface area contributed by atoms with Crippen LogP contribution in [-0.4, -0.2) is 19.1 Å². The first kappa shape index (κ1) is 13.7. The molecule has 1 aromatic carbocycles. The molecule has 0 saturated carbocycles. The van der Waals surface area contributed by atoms with Crippen molar-refractivity contribution in [2.45, 2.75) is 25.4 Å². The molecule has 104 valence electrons. The molecular weight excluding hydrogens is 259 g/mol. The number of fused-ring (bicyclic) bond motifs is 1. The Hall–Kier alpha value is -1.72. The van der Waals surface area contributed by atoms with Crippen LogP contribution in [0, 0.1) is 0 Å². The molecule has 3 nitrogen and oxygen atoms in total. The van der Waals surface area contributed by atoms with Gasteiger partial charge in [0.15, 0.2) is 0 Å². The second-order valence-electron chi connectivity index (χ2n) is 4.32. The highest BCUT2D eigenvalue weighted by molar-refractivity contribution is 5.81. The smallest absolute Gasteiger partial charge is 0.416 e. The van der Waals surface area contributed by atoms with Crippen LogP contribution in [0.15, 0.2) is 18.2 Å². The zero-order chi connectivity index (χ0) is 14.0. The number of esters is 1. The predicted molar refractivity (Wildman–Crippen MR) is 63.9 cm³/mol. The quantitative estimate of drug-likeness (QED) is 0.841. The number of halogens is 3. The van der Waals surface area contributed by atoms with Crippen LogP contribution in [0.2, 0.25) is 0 Å². The van der Waals surface area contributed by atoms with Crippen molar-refractivity contribution < 1.29 is 22.7 Å². The van der Waals surface area contributed by atoms with Crippen molar-refractivity contribution in [1.82, 2.24) is 0 Å². The van der Waals surface area contributed by atoms with E-state index in [-0.39, 0.29) is 12.6 Å². The van der Waals surface area contributed by atoms with Crippen LogP contribution in [0.3, 0.4) is 0 Å². The minimum absolute atomic E-state index is 0.263. The fourth-order valence-corrected chi connectivity index (χ4v) is 2.18. The summed E-state index contributed by atoms with van der Waals surface area (Å²) in [5, 5.41) is 2.89. The summed E-state index contributed by atoms with van der Waals surface area (Å²) in [6.45, 7) is 2.42. The van der Waals surface area contributed by atoms with Crippen molar-refractivity contribution in [1.29, 1.82) is 0 Å². The van der Waals surface area contributed by atoms with E-state index in [1.165, 1.54) is 6.07 Å². The standard InChI is InChI=1S/C13H14F3NO2/c1-2-19-12(18)10-5-6-17-11-7-8(13(14,15)16)3-4-9(10)11/h3-4,7,10,17H,2,5-6H2,1H3. The van der Waals surface area contributed by atoms with Gasteiger partial charge in [-0.25, -0.2) is 0 Å². The number of alkyl halides is 3. The SMILES string of the molecule is CCOC(=O)C1CCNc2cc(C(F)(F)F)ccc21. The largest absolute Gasteiger partial charge is 0.466 e. The van der Waals surface area contributed by atoms with Crippen molar-refractivity contribution in [3.05, 3.63) is 29.3 Å². The van der Waals surface area contributed by atoms with Crippen molar-refractivity contribution in [2.75, 3.05) is 18.5 Å². The second-order valence-corrected chi connectivity index (χ2v) is 4.32. The topological polar surface area (TPSA) is 38.3 Å². The average Bonchev–Trinajstić information content (AvgIpc) is 2.36. The predicted octanol–water partition coefficient (Wildman–Crippen LogP) is 3.17. The van der Waals surface area contributed by atoms with Crippen molar-refractivity contribution >= 4 is 11.7 Å². The minimum atomic E-state index is -4.38. The van der Waals surface area contributed by atoms with E-state index >= 15 is 0 Å². The van der Waals surface area contributed by atoms with E-state index < -0.39 is 17.7 Å². The van der Waals surface area contributed by atoms with E-state index in [9.17, 15) is 18.0 Å². The van der Waals surface area contributed by atoms with Crippen molar-refractivity contribution in [2.24, 2.45) is 0 Å². The molecule has 1 heterocycles. The summed E-state index contributed by atoms with van der Waals surface area (Å²) in [6.07, 6.45) is -3.86. The zero-order valence-corrected chi connectivity index (χ0v) is 10.4. The monoisotopic (exact) mass is 273 g/mol. The maximum Gasteiger partial charge on any atom is 0.416 e. The van der Waals surface area contributed by atoms with Crippen LogP contribution in [0.25, 0.3) is 0 Å². The van der Waals surface area contributed by atoms with Gasteiger partial charge in [-0.2, -0.15) is 13.2 Å². The lowest BCUT2D eigenvalue weighted by atomic mass is 9.90. The summed E-state index contributed by atoms with van der Waals surface area (Å²) in [6, 6.07) is 3.39. The van der Waals surface area contributed by atoms with E-state index in [0.29, 0.717) is 24.2 Å². The number of benzene rings is 1. The summed E-state index contributed by atoms with van der Waals surface area (Å²) in [4.78, 5) is 11.8. The Morgan fingerprint density at radius 1 is 1.47 bits per heavy atom. The fraction of sp³-hybridized carbons (Fsp3) is 0.462. The van der Waals surface area contributed by atoms with Gasteiger partial charge in [-0.1, -0.05) is 6.07 Å². The normalized spacial score (nSPS) is 18.4. The Balaban J connectivity index is 2.33. The van der Waals surface area contributed by atoms with Crippen LogP contribution in [0.4, 0.5) is 18.9 Å². The Bertz CT molecular complexity index is 485. The van der Waals surface area contributed by atoms with Gasteiger partial charge in [0.05, 0.1) is 18.1 Å². The third-order valence-corrected chi connectivity index (χ3v) is 3.08. The molecule has 0 aliphatic carbocycles. The van der Waals surface area contributed by atoms with Gasteiger partial charge in [0.2, 0.25) is 0 Å². The lowest BCUT2D eigenvalue weighted by molar-refractivity contribution is -0.145. The van der Waals surface area contributed by atoms with Crippen LogP contribution < -0.4 is 5.32 Å². The molecule has 0 saturated heterocycles. The average molecular weight is 273 g/mol. The number of anilines is 1. The molecule has 2 rings (SSSR count). The van der Waals surface area contributed by atoms with Gasteiger partial charge >= 0.3 is 12.1 Å². The number of rotatable bonds is 2. The first-order valence-electron chi connectivity index (χ1n) is 6.05. The Labute approximate surface area is 108 Å². The summed E-state index contributed by atoms with van der Waals surface area (Å²) in [7, 11) is 0. The number of hydrogen-bond acceptors (Lipinski definition) is 3. The van der Waals surface area contributed by atoms with Gasteiger partial charge in [-0.05, 0) is 31.0 Å². The lowest BCUT2D eigenvalue weighted by Gasteiger charge is -2.26. The molecular formula is C13H14F3NO2. The highest BCUT2D eigenvalue weighted by Gasteiger charge is 2.33. The molecule has 0 aromatic heterocycles. The number of hydrogen-bond donors (Lipinski definition) is 1. The van der Waals surface area contributed by atoms with Crippen LogP contribution >= 0.6 is 0 Å². The number of carbonyl (C=O) groups is 1. The maximum atomic E-state index is 12.6. The van der Waals surface area contributed by atoms with Gasteiger partial charge < -0.3 is 10.1 Å². The highest BCUT2D eigenvalue weighted by Crippen LogP contribution is 2.37. The first-order chi connectivity index (χ1) is 8.93. The summed E-state index contributed by atoms with van der Waals surface area (Å²) >= 11 is 0. The van der Waals surface area contributed by atoms with E-state index in [0.717, 1.165) is 12.1 Å². The Morgan fingerprint density at radius 2 is 2.21 bits per heavy atom. The van der Waals surface area contributed by atoms with Gasteiger partial charge in [0.25, 0.3) is 0 Å². The van der Waals surface area contributed by atoms with Crippen molar-refractivity contribution in [3.8, 4) is 0 Å². The summed E-state index contributed by atoms with van der Waals surface area (Å²) in [5.41, 5.74) is 0.208. The zero-order valence-electron chi connectivity index (χ0n) is 10.4. The van der Waals surface area contributed by atoms with E-state index in [4.69, 9.17) is 4.74 Å². The van der Waals surface area contributed by atoms with Gasteiger partial charge in [0.1, 0.15) is 0 Å². The van der Waals surface area contributed by atoms with Crippen molar-refractivity contribution in [3.63, 3.8) is 0 Å². The Kier molecular flexibility index (Phi) is 3.68. The van der Waals surface area contributed by atoms with E-state index in [1.807, 2.05) is 0 Å². The molecule has 19 heavy (non-hydrogen) atoms. The fourth-order valence-electron chi connectivity index (χ4n) is 2.18. The van der Waals surface area contributed by atoms with Gasteiger partial charge in [-0.15, -0.1) is 0 Å². The molecule has 0 amide bonds. The maximum absolute atomic E-state index is 12.6. The molecule has 0 radical (unpaired) electrons.